The van der Waals surface area contributed by atoms with E-state index in [1.54, 1.807) is 0 Å². The molecule has 2 heteroatoms. The average molecular weight is 157 g/mol. The Morgan fingerprint density at radius 1 is 1.64 bits per heavy atom. The van der Waals surface area contributed by atoms with Crippen LogP contribution in [0.3, 0.4) is 0 Å². The van der Waals surface area contributed by atoms with Crippen LogP contribution in [0, 0.1) is 11.8 Å². The highest BCUT2D eigenvalue weighted by Crippen LogP contribution is 2.40. The van der Waals surface area contributed by atoms with Crippen molar-refractivity contribution in [1.29, 1.82) is 0 Å². The van der Waals surface area contributed by atoms with Crippen molar-refractivity contribution in [3.05, 3.63) is 0 Å². The molecule has 1 aliphatic rings. The van der Waals surface area contributed by atoms with Crippen LogP contribution >= 0.6 is 0 Å². The summed E-state index contributed by atoms with van der Waals surface area (Å²) in [6.45, 7) is 6.06. The molecular weight excluding hydrogens is 138 g/mol. The number of ether oxygens (including phenoxy) is 1. The number of rotatable bonds is 5. The van der Waals surface area contributed by atoms with E-state index in [4.69, 9.17) is 4.74 Å². The number of hydrogen-bond acceptors (Lipinski definition) is 2. The van der Waals surface area contributed by atoms with Gasteiger partial charge in [0.15, 0.2) is 0 Å². The third-order valence-electron chi connectivity index (χ3n) is 2.56. The van der Waals surface area contributed by atoms with Crippen molar-refractivity contribution in [1.82, 2.24) is 5.32 Å². The number of likely N-dealkylation sites (N-methyl/N-ethyl adjacent to an activating group) is 1. The monoisotopic (exact) mass is 157 g/mol. The fourth-order valence-electron chi connectivity index (χ4n) is 1.58. The highest BCUT2D eigenvalue weighted by atomic mass is 16.5. The van der Waals surface area contributed by atoms with E-state index in [0.29, 0.717) is 6.04 Å². The maximum Gasteiger partial charge on any atom is 0.0622 e. The molecule has 0 bridgehead atoms. The van der Waals surface area contributed by atoms with Gasteiger partial charge in [0.25, 0.3) is 0 Å². The first-order chi connectivity index (χ1) is 5.29. The quantitative estimate of drug-likeness (QED) is 0.649. The lowest BCUT2D eigenvalue weighted by atomic mass is 10.2. The van der Waals surface area contributed by atoms with Crippen molar-refractivity contribution in [2.45, 2.75) is 26.3 Å². The second-order valence-corrected chi connectivity index (χ2v) is 3.43. The molecule has 1 saturated carbocycles. The second kappa shape index (κ2) is 4.07. The van der Waals surface area contributed by atoms with Gasteiger partial charge in [-0.2, -0.15) is 0 Å². The Hall–Kier alpha value is -0.0800. The van der Waals surface area contributed by atoms with E-state index in [2.05, 4.69) is 12.2 Å². The van der Waals surface area contributed by atoms with E-state index < -0.39 is 0 Å². The molecule has 1 aliphatic carbocycles. The van der Waals surface area contributed by atoms with E-state index in [9.17, 15) is 0 Å². The first-order valence-corrected chi connectivity index (χ1v) is 4.54. The summed E-state index contributed by atoms with van der Waals surface area (Å²) >= 11 is 0. The summed E-state index contributed by atoms with van der Waals surface area (Å²) in [4.78, 5) is 0. The van der Waals surface area contributed by atoms with Gasteiger partial charge >= 0.3 is 0 Å². The Balaban J connectivity index is 2.15. The third-order valence-corrected chi connectivity index (χ3v) is 2.56. The van der Waals surface area contributed by atoms with Crippen molar-refractivity contribution in [3.8, 4) is 0 Å². The molecular formula is C9H19NO. The van der Waals surface area contributed by atoms with Crippen LogP contribution < -0.4 is 5.32 Å². The van der Waals surface area contributed by atoms with Gasteiger partial charge in [-0.3, -0.25) is 0 Å². The average Bonchev–Trinajstić information content (AvgIpc) is 2.69. The Morgan fingerprint density at radius 3 is 2.64 bits per heavy atom. The van der Waals surface area contributed by atoms with Crippen molar-refractivity contribution >= 4 is 0 Å². The normalized spacial score (nSPS) is 31.9. The minimum atomic E-state index is 0.588. The topological polar surface area (TPSA) is 21.3 Å². The molecule has 1 fully saturated rings. The Morgan fingerprint density at radius 2 is 2.27 bits per heavy atom. The summed E-state index contributed by atoms with van der Waals surface area (Å²) in [5.41, 5.74) is 0. The molecule has 2 nitrogen and oxygen atoms in total. The molecule has 3 atom stereocenters. The van der Waals surface area contributed by atoms with Crippen molar-refractivity contribution in [2.24, 2.45) is 11.8 Å². The molecule has 0 aliphatic heterocycles. The van der Waals surface area contributed by atoms with Crippen LogP contribution in [-0.4, -0.2) is 26.3 Å². The molecule has 0 spiro atoms. The Labute approximate surface area is 69.3 Å². The standard InChI is InChI=1S/C9H19NO/c1-4-11-6-9(10-3)8-5-7(8)2/h7-10H,4-6H2,1-3H3. The molecule has 1 rings (SSSR count). The predicted molar refractivity (Wildman–Crippen MR) is 46.6 cm³/mol. The van der Waals surface area contributed by atoms with Gasteiger partial charge in [-0.25, -0.2) is 0 Å². The van der Waals surface area contributed by atoms with Crippen LogP contribution in [0.25, 0.3) is 0 Å². The smallest absolute Gasteiger partial charge is 0.0622 e. The molecule has 3 unspecified atom stereocenters. The highest BCUT2D eigenvalue weighted by molar-refractivity contribution is 4.91. The van der Waals surface area contributed by atoms with Crippen LogP contribution in [0.4, 0.5) is 0 Å². The first-order valence-electron chi connectivity index (χ1n) is 4.54. The van der Waals surface area contributed by atoms with E-state index in [1.807, 2.05) is 14.0 Å². The lowest BCUT2D eigenvalue weighted by molar-refractivity contribution is 0.117. The summed E-state index contributed by atoms with van der Waals surface area (Å²) in [6.07, 6.45) is 1.37. The van der Waals surface area contributed by atoms with Gasteiger partial charge in [0.05, 0.1) is 6.61 Å². The predicted octanol–water partition coefficient (Wildman–Crippen LogP) is 1.27. The summed E-state index contributed by atoms with van der Waals surface area (Å²) in [7, 11) is 2.02. The van der Waals surface area contributed by atoms with Gasteiger partial charge in [-0.1, -0.05) is 6.92 Å². The Bertz CT molecular complexity index is 116. The van der Waals surface area contributed by atoms with Gasteiger partial charge in [0, 0.05) is 12.6 Å². The minimum Gasteiger partial charge on any atom is -0.380 e. The summed E-state index contributed by atoms with van der Waals surface area (Å²) < 4.78 is 5.37. The van der Waals surface area contributed by atoms with Crippen LogP contribution in [0.1, 0.15) is 20.3 Å². The second-order valence-electron chi connectivity index (χ2n) is 3.43. The zero-order chi connectivity index (χ0) is 8.27. The first kappa shape index (κ1) is 9.01. The van der Waals surface area contributed by atoms with Crippen molar-refractivity contribution in [2.75, 3.05) is 20.3 Å². The van der Waals surface area contributed by atoms with E-state index >= 15 is 0 Å². The van der Waals surface area contributed by atoms with Gasteiger partial charge in [-0.15, -0.1) is 0 Å². The molecule has 11 heavy (non-hydrogen) atoms. The SMILES string of the molecule is CCOCC(NC)C1CC1C. The van der Waals surface area contributed by atoms with Crippen molar-refractivity contribution < 1.29 is 4.74 Å². The summed E-state index contributed by atoms with van der Waals surface area (Å²) in [6, 6.07) is 0.588. The number of hydrogen-bond donors (Lipinski definition) is 1. The molecule has 0 saturated heterocycles. The molecule has 0 aromatic rings. The van der Waals surface area contributed by atoms with E-state index in [1.165, 1.54) is 6.42 Å². The zero-order valence-corrected chi connectivity index (χ0v) is 7.76. The van der Waals surface area contributed by atoms with Crippen LogP contribution in [0.2, 0.25) is 0 Å². The largest absolute Gasteiger partial charge is 0.380 e. The molecule has 0 aromatic carbocycles. The van der Waals surface area contributed by atoms with E-state index in [0.717, 1.165) is 25.0 Å². The maximum atomic E-state index is 5.37. The molecule has 0 amide bonds. The van der Waals surface area contributed by atoms with Gasteiger partial charge < -0.3 is 10.1 Å². The minimum absolute atomic E-state index is 0.588. The van der Waals surface area contributed by atoms with Gasteiger partial charge in [0.2, 0.25) is 0 Å². The van der Waals surface area contributed by atoms with Crippen LogP contribution in [0.15, 0.2) is 0 Å². The van der Waals surface area contributed by atoms with Gasteiger partial charge in [0.1, 0.15) is 0 Å². The maximum absolute atomic E-state index is 5.37. The zero-order valence-electron chi connectivity index (χ0n) is 7.76. The molecule has 0 radical (unpaired) electrons. The lowest BCUT2D eigenvalue weighted by Crippen LogP contribution is -2.33. The number of nitrogens with one attached hydrogen (secondary N) is 1. The molecule has 1 N–H and O–H groups in total. The lowest BCUT2D eigenvalue weighted by Gasteiger charge is -2.14. The fourth-order valence-corrected chi connectivity index (χ4v) is 1.58. The molecule has 0 aromatic heterocycles. The van der Waals surface area contributed by atoms with Gasteiger partial charge in [-0.05, 0) is 32.2 Å². The Kier molecular flexibility index (Phi) is 3.34. The summed E-state index contributed by atoms with van der Waals surface area (Å²) in [5, 5.41) is 3.30. The molecule has 66 valence electrons. The van der Waals surface area contributed by atoms with E-state index in [-0.39, 0.29) is 0 Å². The fraction of sp³-hybridized carbons (Fsp3) is 1.00. The van der Waals surface area contributed by atoms with Crippen molar-refractivity contribution in [3.63, 3.8) is 0 Å². The molecule has 0 heterocycles. The highest BCUT2D eigenvalue weighted by Gasteiger charge is 2.38. The summed E-state index contributed by atoms with van der Waals surface area (Å²) in [5.74, 6) is 1.78. The van der Waals surface area contributed by atoms with Crippen LogP contribution in [-0.2, 0) is 4.74 Å². The van der Waals surface area contributed by atoms with Crippen LogP contribution in [0.5, 0.6) is 0 Å². The third kappa shape index (κ3) is 2.46.